The molecular formula is C20H19N3O5. The zero-order valence-electron chi connectivity index (χ0n) is 15.3. The van der Waals surface area contributed by atoms with E-state index in [2.05, 4.69) is 10.3 Å². The van der Waals surface area contributed by atoms with Gasteiger partial charge in [-0.3, -0.25) is 24.3 Å². The first-order chi connectivity index (χ1) is 13.5. The molecule has 3 amide bonds. The minimum Gasteiger partial charge on any atom is -0.462 e. The summed E-state index contributed by atoms with van der Waals surface area (Å²) in [7, 11) is 0. The molecule has 1 N–H and O–H groups in total. The van der Waals surface area contributed by atoms with E-state index in [9.17, 15) is 19.2 Å². The second-order valence-electron chi connectivity index (χ2n) is 6.11. The van der Waals surface area contributed by atoms with E-state index < -0.39 is 17.8 Å². The van der Waals surface area contributed by atoms with Crippen molar-refractivity contribution in [3.05, 3.63) is 59.4 Å². The van der Waals surface area contributed by atoms with E-state index >= 15 is 0 Å². The third kappa shape index (κ3) is 4.06. The molecule has 0 fully saturated rings. The van der Waals surface area contributed by atoms with Crippen LogP contribution in [0.1, 0.15) is 51.0 Å². The Kier molecular flexibility index (Phi) is 5.78. The Hall–Kier alpha value is -3.55. The van der Waals surface area contributed by atoms with Crippen molar-refractivity contribution in [2.75, 3.05) is 18.5 Å². The highest BCUT2D eigenvalue weighted by Crippen LogP contribution is 2.21. The lowest BCUT2D eigenvalue weighted by Crippen LogP contribution is -2.31. The number of benzene rings is 1. The van der Waals surface area contributed by atoms with Gasteiger partial charge in [0.1, 0.15) is 5.69 Å². The molecule has 0 aliphatic carbocycles. The van der Waals surface area contributed by atoms with Crippen LogP contribution < -0.4 is 5.32 Å². The topological polar surface area (TPSA) is 106 Å². The number of carbonyl (C=O) groups is 4. The Morgan fingerprint density at radius 3 is 2.71 bits per heavy atom. The third-order valence-electron chi connectivity index (χ3n) is 4.17. The summed E-state index contributed by atoms with van der Waals surface area (Å²) in [6.07, 6.45) is 1.89. The van der Waals surface area contributed by atoms with E-state index in [0.717, 1.165) is 4.90 Å². The average molecular weight is 381 g/mol. The van der Waals surface area contributed by atoms with Gasteiger partial charge in [0.05, 0.1) is 17.7 Å². The van der Waals surface area contributed by atoms with Gasteiger partial charge in [-0.15, -0.1) is 0 Å². The zero-order chi connectivity index (χ0) is 20.1. The van der Waals surface area contributed by atoms with Gasteiger partial charge < -0.3 is 10.1 Å². The molecule has 1 aliphatic rings. The maximum atomic E-state index is 12.2. The fourth-order valence-electron chi connectivity index (χ4n) is 2.88. The maximum Gasteiger partial charge on any atom is 0.338 e. The molecule has 0 atom stereocenters. The van der Waals surface area contributed by atoms with Crippen molar-refractivity contribution in [3.63, 3.8) is 0 Å². The third-order valence-corrected chi connectivity index (χ3v) is 4.17. The fraction of sp³-hybridized carbons (Fsp3) is 0.250. The molecule has 144 valence electrons. The summed E-state index contributed by atoms with van der Waals surface area (Å²) in [5.74, 6) is -1.58. The second kappa shape index (κ2) is 8.43. The zero-order valence-corrected chi connectivity index (χ0v) is 15.3. The lowest BCUT2D eigenvalue weighted by atomic mass is 10.2. The predicted octanol–water partition coefficient (Wildman–Crippen LogP) is 2.27. The van der Waals surface area contributed by atoms with Crippen LogP contribution in [0.2, 0.25) is 0 Å². The van der Waals surface area contributed by atoms with E-state index in [1.165, 1.54) is 12.3 Å². The standard InChI is InChI=1S/C20H19N3O5/c1-2-28-20(27)13-6-3-7-14(12-13)22-16(24)9-5-11-23-18(25)15-8-4-10-21-17(15)19(23)26/h3-4,6-8,10,12H,2,5,9,11H2,1H3,(H,22,24). The Labute approximate surface area is 161 Å². The van der Waals surface area contributed by atoms with E-state index in [4.69, 9.17) is 4.74 Å². The first-order valence-corrected chi connectivity index (χ1v) is 8.89. The van der Waals surface area contributed by atoms with E-state index in [1.54, 1.807) is 37.3 Å². The molecule has 0 unspecified atom stereocenters. The Bertz CT molecular complexity index is 906. The van der Waals surface area contributed by atoms with Crippen LogP contribution in [0.5, 0.6) is 0 Å². The second-order valence-corrected chi connectivity index (χ2v) is 6.11. The number of imide groups is 1. The molecule has 0 radical (unpaired) electrons. The summed E-state index contributed by atoms with van der Waals surface area (Å²) < 4.78 is 4.93. The van der Waals surface area contributed by atoms with Gasteiger partial charge in [0.25, 0.3) is 11.8 Å². The number of nitrogens with zero attached hydrogens (tertiary/aromatic N) is 2. The molecule has 0 saturated carbocycles. The molecule has 8 nitrogen and oxygen atoms in total. The Morgan fingerprint density at radius 2 is 1.96 bits per heavy atom. The van der Waals surface area contributed by atoms with Gasteiger partial charge in [-0.2, -0.15) is 0 Å². The van der Waals surface area contributed by atoms with Gasteiger partial charge in [0, 0.05) is 24.8 Å². The number of fused-ring (bicyclic) bond motifs is 1. The summed E-state index contributed by atoms with van der Waals surface area (Å²) in [6, 6.07) is 9.61. The van der Waals surface area contributed by atoms with Crippen molar-refractivity contribution in [3.8, 4) is 0 Å². The molecule has 2 aromatic rings. The average Bonchev–Trinajstić information content (AvgIpc) is 2.93. The van der Waals surface area contributed by atoms with Gasteiger partial charge in [-0.05, 0) is 43.7 Å². The first-order valence-electron chi connectivity index (χ1n) is 8.89. The number of carbonyl (C=O) groups excluding carboxylic acids is 4. The van der Waals surface area contributed by atoms with Crippen LogP contribution in [0.15, 0.2) is 42.6 Å². The smallest absolute Gasteiger partial charge is 0.338 e. The summed E-state index contributed by atoms with van der Waals surface area (Å²) >= 11 is 0. The van der Waals surface area contributed by atoms with Crippen molar-refractivity contribution < 1.29 is 23.9 Å². The molecule has 8 heteroatoms. The molecular weight excluding hydrogens is 362 g/mol. The number of anilines is 1. The van der Waals surface area contributed by atoms with Crippen LogP contribution in [-0.2, 0) is 9.53 Å². The van der Waals surface area contributed by atoms with Crippen molar-refractivity contribution in [2.24, 2.45) is 0 Å². The highest BCUT2D eigenvalue weighted by atomic mass is 16.5. The van der Waals surface area contributed by atoms with Crippen LogP contribution in [0.3, 0.4) is 0 Å². The van der Waals surface area contributed by atoms with Crippen LogP contribution in [0, 0.1) is 0 Å². The van der Waals surface area contributed by atoms with Crippen molar-refractivity contribution >= 4 is 29.4 Å². The highest BCUT2D eigenvalue weighted by Gasteiger charge is 2.36. The number of rotatable bonds is 7. The number of pyridine rings is 1. The normalized spacial score (nSPS) is 12.7. The van der Waals surface area contributed by atoms with Crippen LogP contribution in [0.4, 0.5) is 5.69 Å². The quantitative estimate of drug-likeness (QED) is 0.583. The maximum absolute atomic E-state index is 12.2. The minimum atomic E-state index is -0.460. The molecule has 0 bridgehead atoms. The van der Waals surface area contributed by atoms with Gasteiger partial charge in [-0.25, -0.2) is 4.79 Å². The number of hydrogen-bond acceptors (Lipinski definition) is 6. The van der Waals surface area contributed by atoms with Crippen molar-refractivity contribution in [2.45, 2.75) is 19.8 Å². The van der Waals surface area contributed by atoms with Crippen LogP contribution >= 0.6 is 0 Å². The molecule has 2 heterocycles. The number of hydrogen-bond donors (Lipinski definition) is 1. The van der Waals surface area contributed by atoms with Gasteiger partial charge >= 0.3 is 5.97 Å². The number of nitrogens with one attached hydrogen (secondary N) is 1. The van der Waals surface area contributed by atoms with E-state index in [-0.39, 0.29) is 36.7 Å². The summed E-state index contributed by atoms with van der Waals surface area (Å²) in [6.45, 7) is 2.11. The summed E-state index contributed by atoms with van der Waals surface area (Å²) in [5, 5.41) is 2.70. The summed E-state index contributed by atoms with van der Waals surface area (Å²) in [5.41, 5.74) is 1.25. The lowest BCUT2D eigenvalue weighted by molar-refractivity contribution is -0.116. The number of aromatic nitrogens is 1. The van der Waals surface area contributed by atoms with Crippen molar-refractivity contribution in [1.82, 2.24) is 9.88 Å². The van der Waals surface area contributed by atoms with Crippen LogP contribution in [0.25, 0.3) is 0 Å². The SMILES string of the molecule is CCOC(=O)c1cccc(NC(=O)CCCN2C(=O)c3cccnc3C2=O)c1. The van der Waals surface area contributed by atoms with Crippen molar-refractivity contribution in [1.29, 1.82) is 0 Å². The molecule has 1 aliphatic heterocycles. The minimum absolute atomic E-state index is 0.116. The van der Waals surface area contributed by atoms with Gasteiger partial charge in [0.2, 0.25) is 5.91 Å². The lowest BCUT2D eigenvalue weighted by Gasteiger charge is -2.13. The first kappa shape index (κ1) is 19.2. The van der Waals surface area contributed by atoms with E-state index in [1.807, 2.05) is 0 Å². The Balaban J connectivity index is 1.52. The van der Waals surface area contributed by atoms with E-state index in [0.29, 0.717) is 17.7 Å². The molecule has 0 spiro atoms. The molecule has 0 saturated heterocycles. The monoisotopic (exact) mass is 381 g/mol. The highest BCUT2D eigenvalue weighted by molar-refractivity contribution is 6.20. The number of amides is 3. The largest absolute Gasteiger partial charge is 0.462 e. The predicted molar refractivity (Wildman–Crippen MR) is 99.9 cm³/mol. The molecule has 3 rings (SSSR count). The molecule has 1 aromatic heterocycles. The Morgan fingerprint density at radius 1 is 1.14 bits per heavy atom. The number of esters is 1. The number of ether oxygens (including phenoxy) is 1. The van der Waals surface area contributed by atoms with Gasteiger partial charge in [0.15, 0.2) is 0 Å². The molecule has 1 aromatic carbocycles. The van der Waals surface area contributed by atoms with Crippen LogP contribution in [-0.4, -0.2) is 46.7 Å². The fourth-order valence-corrected chi connectivity index (χ4v) is 2.88. The van der Waals surface area contributed by atoms with Gasteiger partial charge in [-0.1, -0.05) is 6.07 Å². The summed E-state index contributed by atoms with van der Waals surface area (Å²) in [4.78, 5) is 53.4. The molecule has 28 heavy (non-hydrogen) atoms.